The van der Waals surface area contributed by atoms with Gasteiger partial charge in [-0.15, -0.1) is 16.4 Å². The fourth-order valence-electron chi connectivity index (χ4n) is 2.56. The Labute approximate surface area is 153 Å². The Morgan fingerprint density at radius 2 is 2.23 bits per heavy atom. The number of thiazole rings is 1. The number of nitrogens with zero attached hydrogens (tertiary/aromatic N) is 4. The largest absolute Gasteiger partial charge is 0.389 e. The summed E-state index contributed by atoms with van der Waals surface area (Å²) in [6.07, 6.45) is 2.73. The van der Waals surface area contributed by atoms with Crippen LogP contribution in [0.4, 0.5) is 5.95 Å². The Morgan fingerprint density at radius 1 is 1.42 bits per heavy atom. The molecule has 26 heavy (non-hydrogen) atoms. The number of carbonyl (C=O) groups is 2. The Morgan fingerprint density at radius 3 is 2.85 bits per heavy atom. The Kier molecular flexibility index (Phi) is 5.78. The highest BCUT2D eigenvalue weighted by Crippen LogP contribution is 2.27. The van der Waals surface area contributed by atoms with Gasteiger partial charge in [-0.1, -0.05) is 0 Å². The summed E-state index contributed by atoms with van der Waals surface area (Å²) in [5, 5.41) is 20.3. The van der Waals surface area contributed by atoms with E-state index < -0.39 is 0 Å². The molecule has 0 aliphatic heterocycles. The van der Waals surface area contributed by atoms with Gasteiger partial charge in [-0.25, -0.2) is 4.98 Å². The third-order valence-corrected chi connectivity index (χ3v) is 4.82. The molecule has 0 bridgehead atoms. The normalized spacial score (nSPS) is 13.6. The maximum Gasteiger partial charge on any atom is 0.270 e. The van der Waals surface area contributed by atoms with E-state index in [9.17, 15) is 9.59 Å². The predicted molar refractivity (Wildman–Crippen MR) is 94.2 cm³/mol. The molecule has 3 rings (SSSR count). The molecule has 2 aromatic heterocycles. The Hall–Kier alpha value is -2.53. The van der Waals surface area contributed by atoms with Crippen LogP contribution in [0.25, 0.3) is 0 Å². The third kappa shape index (κ3) is 4.76. The van der Waals surface area contributed by atoms with Crippen molar-refractivity contribution in [1.82, 2.24) is 30.4 Å². The van der Waals surface area contributed by atoms with E-state index in [1.807, 2.05) is 0 Å². The minimum absolute atomic E-state index is 0.0212. The number of hydrogen-bond donors (Lipinski definition) is 4. The number of aromatic nitrogens is 4. The Balaban J connectivity index is 1.45. The monoisotopic (exact) mass is 379 g/mol. The van der Waals surface area contributed by atoms with E-state index in [0.717, 1.165) is 12.8 Å². The first-order chi connectivity index (χ1) is 12.6. The van der Waals surface area contributed by atoms with Gasteiger partial charge in [0.25, 0.3) is 5.91 Å². The van der Waals surface area contributed by atoms with E-state index in [4.69, 9.17) is 10.8 Å². The van der Waals surface area contributed by atoms with Crippen LogP contribution in [0, 0.1) is 0 Å². The number of aryl methyl sites for hydroxylation is 1. The summed E-state index contributed by atoms with van der Waals surface area (Å²) in [6, 6.07) is 0.250. The fraction of sp³-hybridized carbons (Fsp3) is 0.533. The number of nitrogen functional groups attached to an aromatic ring is 1. The number of H-pyrrole nitrogens is 1. The maximum absolute atomic E-state index is 12.5. The minimum atomic E-state index is -0.304. The quantitative estimate of drug-likeness (QED) is 0.466. The summed E-state index contributed by atoms with van der Waals surface area (Å²) >= 11 is 1.23. The number of rotatable bonds is 9. The van der Waals surface area contributed by atoms with E-state index in [1.165, 1.54) is 11.3 Å². The highest BCUT2D eigenvalue weighted by Gasteiger charge is 2.32. The van der Waals surface area contributed by atoms with Gasteiger partial charge in [0.2, 0.25) is 11.9 Å². The lowest BCUT2D eigenvalue weighted by Gasteiger charge is -2.22. The molecule has 5 N–H and O–H groups in total. The standard InChI is InChI=1S/C15H21N7O3S/c16-15-19-11(20-21-15)3-4-13(24)22(9-1-2-9)6-5-17-14(25)10-8-26-12(7-23)18-10/h8-9,23H,1-7H2,(H,17,25)(H3,16,19,20,21). The summed E-state index contributed by atoms with van der Waals surface area (Å²) in [5.74, 6) is 0.470. The zero-order chi connectivity index (χ0) is 18.5. The molecule has 1 aliphatic rings. The molecule has 0 spiro atoms. The highest BCUT2D eigenvalue weighted by atomic mass is 32.1. The van der Waals surface area contributed by atoms with E-state index in [2.05, 4.69) is 25.5 Å². The molecule has 1 fully saturated rings. The van der Waals surface area contributed by atoms with Gasteiger partial charge in [0.1, 0.15) is 16.5 Å². The number of nitrogens with two attached hydrogens (primary N) is 1. The van der Waals surface area contributed by atoms with E-state index in [1.54, 1.807) is 10.3 Å². The number of anilines is 1. The van der Waals surface area contributed by atoms with Gasteiger partial charge in [0.15, 0.2) is 0 Å². The first kappa shape index (κ1) is 18.3. The van der Waals surface area contributed by atoms with Gasteiger partial charge in [-0.3, -0.25) is 14.7 Å². The summed E-state index contributed by atoms with van der Waals surface area (Å²) in [4.78, 5) is 34.3. The molecule has 2 aromatic rings. The predicted octanol–water partition coefficient (Wildman–Crippen LogP) is -0.311. The minimum Gasteiger partial charge on any atom is -0.389 e. The molecule has 2 heterocycles. The first-order valence-electron chi connectivity index (χ1n) is 8.36. The van der Waals surface area contributed by atoms with Crippen molar-refractivity contribution in [1.29, 1.82) is 0 Å². The van der Waals surface area contributed by atoms with Crippen LogP contribution in [-0.2, 0) is 17.8 Å². The molecule has 140 valence electrons. The second-order valence-electron chi connectivity index (χ2n) is 6.00. The van der Waals surface area contributed by atoms with Crippen molar-refractivity contribution in [3.63, 3.8) is 0 Å². The summed E-state index contributed by atoms with van der Waals surface area (Å²) < 4.78 is 0. The lowest BCUT2D eigenvalue weighted by atomic mass is 10.2. The third-order valence-electron chi connectivity index (χ3n) is 3.99. The van der Waals surface area contributed by atoms with E-state index in [-0.39, 0.29) is 36.1 Å². The van der Waals surface area contributed by atoms with Gasteiger partial charge in [-0.05, 0) is 12.8 Å². The van der Waals surface area contributed by atoms with E-state index in [0.29, 0.717) is 36.8 Å². The van der Waals surface area contributed by atoms with Crippen LogP contribution in [0.1, 0.15) is 40.6 Å². The molecular formula is C15H21N7O3S. The summed E-state index contributed by atoms with van der Waals surface area (Å²) in [6.45, 7) is 0.617. The van der Waals surface area contributed by atoms with Crippen LogP contribution in [0.5, 0.6) is 0 Å². The van der Waals surface area contributed by atoms with Crippen LogP contribution in [0.15, 0.2) is 5.38 Å². The van der Waals surface area contributed by atoms with Crippen LogP contribution in [-0.4, -0.2) is 61.1 Å². The van der Waals surface area contributed by atoms with Crippen LogP contribution in [0.2, 0.25) is 0 Å². The summed E-state index contributed by atoms with van der Waals surface area (Å²) in [7, 11) is 0. The van der Waals surface area contributed by atoms with Crippen molar-refractivity contribution < 1.29 is 14.7 Å². The summed E-state index contributed by atoms with van der Waals surface area (Å²) in [5.41, 5.74) is 5.73. The lowest BCUT2D eigenvalue weighted by molar-refractivity contribution is -0.131. The molecule has 1 aliphatic carbocycles. The molecular weight excluding hydrogens is 358 g/mol. The molecule has 0 saturated heterocycles. The zero-order valence-corrected chi connectivity index (χ0v) is 15.0. The maximum atomic E-state index is 12.5. The van der Waals surface area contributed by atoms with Gasteiger partial charge >= 0.3 is 0 Å². The van der Waals surface area contributed by atoms with Gasteiger partial charge < -0.3 is 21.1 Å². The molecule has 0 aromatic carbocycles. The van der Waals surface area contributed by atoms with Crippen LogP contribution < -0.4 is 11.1 Å². The zero-order valence-electron chi connectivity index (χ0n) is 14.1. The van der Waals surface area contributed by atoms with Crippen LogP contribution in [0.3, 0.4) is 0 Å². The molecule has 0 unspecified atom stereocenters. The number of aromatic amines is 1. The van der Waals surface area contributed by atoms with Crippen LogP contribution >= 0.6 is 11.3 Å². The van der Waals surface area contributed by atoms with Crippen molar-refractivity contribution in [2.24, 2.45) is 0 Å². The average Bonchev–Trinajstić information content (AvgIpc) is 3.19. The number of aliphatic hydroxyl groups is 1. The molecule has 10 nitrogen and oxygen atoms in total. The lowest BCUT2D eigenvalue weighted by Crippen LogP contribution is -2.40. The topological polar surface area (TPSA) is 150 Å². The first-order valence-corrected chi connectivity index (χ1v) is 9.24. The highest BCUT2D eigenvalue weighted by molar-refractivity contribution is 7.09. The molecule has 1 saturated carbocycles. The molecule has 11 heteroatoms. The fourth-order valence-corrected chi connectivity index (χ4v) is 3.19. The Bertz CT molecular complexity index is 771. The molecule has 0 radical (unpaired) electrons. The number of amides is 2. The number of carbonyl (C=O) groups excluding carboxylic acids is 2. The van der Waals surface area contributed by atoms with Crippen molar-refractivity contribution in [3.05, 3.63) is 21.9 Å². The molecule has 0 atom stereocenters. The van der Waals surface area contributed by atoms with Crippen molar-refractivity contribution in [2.45, 2.75) is 38.3 Å². The smallest absolute Gasteiger partial charge is 0.270 e. The molecule has 2 amide bonds. The number of nitrogens with one attached hydrogen (secondary N) is 2. The van der Waals surface area contributed by atoms with Gasteiger partial charge in [0, 0.05) is 37.4 Å². The number of hydrogen-bond acceptors (Lipinski definition) is 8. The number of aliphatic hydroxyl groups excluding tert-OH is 1. The second-order valence-corrected chi connectivity index (χ2v) is 6.94. The second kappa shape index (κ2) is 8.23. The average molecular weight is 379 g/mol. The van der Waals surface area contributed by atoms with Gasteiger partial charge in [-0.2, -0.15) is 4.98 Å². The van der Waals surface area contributed by atoms with Crippen molar-refractivity contribution in [3.8, 4) is 0 Å². The van der Waals surface area contributed by atoms with Crippen molar-refractivity contribution >= 4 is 29.1 Å². The SMILES string of the molecule is Nc1n[nH]c(CCC(=O)N(CCNC(=O)c2csc(CO)n2)C2CC2)n1. The van der Waals surface area contributed by atoms with Gasteiger partial charge in [0.05, 0.1) is 6.61 Å². The van der Waals surface area contributed by atoms with E-state index >= 15 is 0 Å². The van der Waals surface area contributed by atoms with Crippen molar-refractivity contribution in [2.75, 3.05) is 18.8 Å².